The molecule has 3 aliphatic carbocycles. The van der Waals surface area contributed by atoms with Gasteiger partial charge in [0.15, 0.2) is 0 Å². The molecular formula is C11H16KOS2. The van der Waals surface area contributed by atoms with Crippen molar-refractivity contribution < 1.29 is 4.74 Å². The summed E-state index contributed by atoms with van der Waals surface area (Å²) in [7, 11) is 0. The minimum atomic E-state index is 0. The molecule has 1 nitrogen and oxygen atoms in total. The number of thiol groups is 1. The molecule has 4 heteroatoms. The molecule has 79 valence electrons. The monoisotopic (exact) mass is 267 g/mol. The fraction of sp³-hybridized carbons (Fsp3) is 0.909. The zero-order chi connectivity index (χ0) is 9.71. The van der Waals surface area contributed by atoms with E-state index < -0.39 is 0 Å². The molecule has 0 aromatic heterocycles. The van der Waals surface area contributed by atoms with Crippen LogP contribution in [-0.2, 0) is 4.74 Å². The van der Waals surface area contributed by atoms with Crippen molar-refractivity contribution in [3.63, 3.8) is 0 Å². The molecule has 0 amide bonds. The molecule has 0 spiro atoms. The molecule has 0 aromatic rings. The maximum Gasteiger partial charge on any atom is 0.217 e. The van der Waals surface area contributed by atoms with Crippen molar-refractivity contribution in [3.05, 3.63) is 0 Å². The maximum absolute atomic E-state index is 5.65. The summed E-state index contributed by atoms with van der Waals surface area (Å²) >= 11 is 8.98. The number of ether oxygens (including phenoxy) is 1. The Hall–Kier alpha value is 1.88. The van der Waals surface area contributed by atoms with Crippen LogP contribution in [0, 0.1) is 23.7 Å². The van der Waals surface area contributed by atoms with Crippen molar-refractivity contribution in [3.8, 4) is 0 Å². The quantitative estimate of drug-likeness (QED) is 0.444. The van der Waals surface area contributed by atoms with Gasteiger partial charge in [-0.25, -0.2) is 0 Å². The minimum Gasteiger partial charge on any atom is -0.475 e. The second kappa shape index (κ2) is 5.25. The van der Waals surface area contributed by atoms with E-state index in [0.29, 0.717) is 10.5 Å². The molecule has 15 heavy (non-hydrogen) atoms. The molecule has 0 unspecified atom stereocenters. The molecule has 1 radical (unpaired) electrons. The molecule has 3 fully saturated rings. The van der Waals surface area contributed by atoms with Gasteiger partial charge in [0.1, 0.15) is 6.10 Å². The summed E-state index contributed by atoms with van der Waals surface area (Å²) < 4.78 is 6.09. The molecule has 5 atom stereocenters. The van der Waals surface area contributed by atoms with Crippen molar-refractivity contribution in [2.24, 2.45) is 23.7 Å². The van der Waals surface area contributed by atoms with Gasteiger partial charge in [-0.1, -0.05) is 19.0 Å². The number of hydrogen-bond donors (Lipinski definition) is 1. The van der Waals surface area contributed by atoms with E-state index in [2.05, 4.69) is 12.6 Å². The second-order valence-corrected chi connectivity index (χ2v) is 6.16. The van der Waals surface area contributed by atoms with Gasteiger partial charge in [0.05, 0.1) is 0 Å². The van der Waals surface area contributed by atoms with Crippen LogP contribution >= 0.6 is 24.8 Å². The van der Waals surface area contributed by atoms with Crippen LogP contribution in [0.25, 0.3) is 0 Å². The summed E-state index contributed by atoms with van der Waals surface area (Å²) in [5.41, 5.74) is 0. The first-order chi connectivity index (χ1) is 6.75. The molecule has 0 saturated heterocycles. The fourth-order valence-corrected chi connectivity index (χ4v) is 4.53. The average Bonchev–Trinajstić information content (AvgIpc) is 2.68. The Labute approximate surface area is 145 Å². The van der Waals surface area contributed by atoms with Gasteiger partial charge in [0, 0.05) is 51.4 Å². The fourth-order valence-electron chi connectivity index (χ4n) is 4.27. The molecule has 3 aliphatic rings. The van der Waals surface area contributed by atoms with E-state index >= 15 is 0 Å². The number of thiocarbonyl (C=S) groups is 1. The van der Waals surface area contributed by atoms with Crippen LogP contribution in [0.3, 0.4) is 0 Å². The van der Waals surface area contributed by atoms with Crippen molar-refractivity contribution in [2.45, 2.75) is 38.2 Å². The Morgan fingerprint density at radius 3 is 2.60 bits per heavy atom. The summed E-state index contributed by atoms with van der Waals surface area (Å²) in [6.45, 7) is 0. The molecule has 3 rings (SSSR count). The summed E-state index contributed by atoms with van der Waals surface area (Å²) in [5, 5.41) is 0. The molecule has 2 bridgehead atoms. The Kier molecular flexibility index (Phi) is 4.66. The predicted octanol–water partition coefficient (Wildman–Crippen LogP) is 2.66. The smallest absolute Gasteiger partial charge is 0.217 e. The van der Waals surface area contributed by atoms with Crippen LogP contribution in [0.5, 0.6) is 0 Å². The number of rotatable bonds is 1. The Morgan fingerprint density at radius 1 is 1.13 bits per heavy atom. The minimum absolute atomic E-state index is 0. The van der Waals surface area contributed by atoms with Crippen LogP contribution in [0.15, 0.2) is 0 Å². The third-order valence-corrected chi connectivity index (χ3v) is 4.82. The Morgan fingerprint density at radius 2 is 1.87 bits per heavy atom. The van der Waals surface area contributed by atoms with Crippen molar-refractivity contribution in [1.82, 2.24) is 0 Å². The standard InChI is InChI=1S/C11H16OS2.K/c13-11(14)12-10-5-6-4-9(10)8-3-1-2-7(6)8;/h6-10H,1-5H2,(H,13,14);/t6-,7-,8-,9-,10+;/m1./s1. The second-order valence-electron chi connectivity index (χ2n) is 5.08. The third kappa shape index (κ3) is 2.38. The van der Waals surface area contributed by atoms with Crippen molar-refractivity contribution >= 4 is 80.6 Å². The molecule has 0 N–H and O–H groups in total. The maximum atomic E-state index is 5.65. The van der Waals surface area contributed by atoms with Gasteiger partial charge in [-0.05, 0) is 61.6 Å². The number of fused-ring (bicyclic) bond motifs is 5. The first-order valence-electron chi connectivity index (χ1n) is 5.65. The van der Waals surface area contributed by atoms with E-state index in [0.717, 1.165) is 23.7 Å². The first-order valence-corrected chi connectivity index (χ1v) is 6.51. The zero-order valence-electron chi connectivity index (χ0n) is 9.19. The molecule has 0 heterocycles. The molecule has 3 saturated carbocycles. The third-order valence-electron chi connectivity index (χ3n) is 4.62. The van der Waals surface area contributed by atoms with Crippen LogP contribution in [0.1, 0.15) is 32.1 Å². The van der Waals surface area contributed by atoms with Gasteiger partial charge in [-0.2, -0.15) is 0 Å². The van der Waals surface area contributed by atoms with Crippen molar-refractivity contribution in [1.29, 1.82) is 0 Å². The summed E-state index contributed by atoms with van der Waals surface area (Å²) in [5.74, 6) is 3.74. The van der Waals surface area contributed by atoms with E-state index in [-0.39, 0.29) is 51.4 Å². The van der Waals surface area contributed by atoms with Crippen molar-refractivity contribution in [2.75, 3.05) is 0 Å². The van der Waals surface area contributed by atoms with Gasteiger partial charge in [0.2, 0.25) is 4.38 Å². The van der Waals surface area contributed by atoms with E-state index in [1.165, 1.54) is 32.1 Å². The first kappa shape index (κ1) is 13.3. The molecule has 0 aromatic carbocycles. The Bertz CT molecular complexity index is 271. The van der Waals surface area contributed by atoms with Crippen LogP contribution in [-0.4, -0.2) is 61.9 Å². The van der Waals surface area contributed by atoms with Gasteiger partial charge in [-0.15, -0.1) is 0 Å². The number of hydrogen-bond acceptors (Lipinski definition) is 2. The van der Waals surface area contributed by atoms with E-state index in [9.17, 15) is 0 Å². The van der Waals surface area contributed by atoms with Crippen LogP contribution in [0.2, 0.25) is 0 Å². The van der Waals surface area contributed by atoms with Crippen LogP contribution < -0.4 is 0 Å². The van der Waals surface area contributed by atoms with E-state index in [1.54, 1.807) is 0 Å². The van der Waals surface area contributed by atoms with E-state index in [4.69, 9.17) is 17.0 Å². The van der Waals surface area contributed by atoms with E-state index in [1.807, 2.05) is 0 Å². The molecule has 0 aliphatic heterocycles. The summed E-state index contributed by atoms with van der Waals surface area (Å²) in [6.07, 6.45) is 7.41. The van der Waals surface area contributed by atoms with Crippen LogP contribution in [0.4, 0.5) is 0 Å². The van der Waals surface area contributed by atoms with Gasteiger partial charge in [-0.3, -0.25) is 0 Å². The summed E-state index contributed by atoms with van der Waals surface area (Å²) in [6, 6.07) is 0. The predicted molar refractivity (Wildman–Crippen MR) is 69.3 cm³/mol. The largest absolute Gasteiger partial charge is 0.475 e. The van der Waals surface area contributed by atoms with Gasteiger partial charge >= 0.3 is 0 Å². The normalized spacial score (nSPS) is 46.1. The summed E-state index contributed by atoms with van der Waals surface area (Å²) in [4.78, 5) is 0. The molecular weight excluding hydrogens is 251 g/mol. The SMILES string of the molecule is S=C(S)O[C@H]1C[C@H]2C[C@@H]1[C@@H]1CCC[C@H]21.[K]. The van der Waals surface area contributed by atoms with Gasteiger partial charge in [0.25, 0.3) is 0 Å². The average molecular weight is 267 g/mol. The topological polar surface area (TPSA) is 9.23 Å². The zero-order valence-corrected chi connectivity index (χ0v) is 14.0. The van der Waals surface area contributed by atoms with Gasteiger partial charge < -0.3 is 4.74 Å². The Balaban J connectivity index is 0.000000853.